The standard InChI is InChI=1S/C14H19FO/c1-2-14(9-3-4-10-14)13(16)11-5-7-12(15)8-6-11/h5-8,13,16H,2-4,9-10H2,1H3. The lowest BCUT2D eigenvalue weighted by Gasteiger charge is -2.33. The third-order valence-corrected chi connectivity index (χ3v) is 4.07. The van der Waals surface area contributed by atoms with Crippen molar-refractivity contribution in [1.82, 2.24) is 0 Å². The van der Waals surface area contributed by atoms with Gasteiger partial charge in [-0.15, -0.1) is 0 Å². The van der Waals surface area contributed by atoms with Crippen LogP contribution < -0.4 is 0 Å². The molecule has 1 N–H and O–H groups in total. The molecule has 0 saturated heterocycles. The van der Waals surface area contributed by atoms with E-state index in [9.17, 15) is 9.50 Å². The van der Waals surface area contributed by atoms with E-state index >= 15 is 0 Å². The van der Waals surface area contributed by atoms with Crippen molar-refractivity contribution in [3.63, 3.8) is 0 Å². The highest BCUT2D eigenvalue weighted by Gasteiger charge is 2.39. The van der Waals surface area contributed by atoms with Gasteiger partial charge in [-0.25, -0.2) is 4.39 Å². The molecule has 1 aliphatic rings. The van der Waals surface area contributed by atoms with Crippen LogP contribution in [0.4, 0.5) is 4.39 Å². The van der Waals surface area contributed by atoms with Crippen LogP contribution >= 0.6 is 0 Å². The molecule has 0 amide bonds. The second-order valence-electron chi connectivity index (χ2n) is 4.88. The Labute approximate surface area is 96.3 Å². The van der Waals surface area contributed by atoms with Crippen LogP contribution in [0.25, 0.3) is 0 Å². The highest BCUT2D eigenvalue weighted by molar-refractivity contribution is 5.21. The monoisotopic (exact) mass is 222 g/mol. The molecular weight excluding hydrogens is 203 g/mol. The van der Waals surface area contributed by atoms with E-state index in [-0.39, 0.29) is 11.2 Å². The van der Waals surface area contributed by atoms with Crippen molar-refractivity contribution in [3.8, 4) is 0 Å². The number of halogens is 1. The fraction of sp³-hybridized carbons (Fsp3) is 0.571. The number of rotatable bonds is 3. The van der Waals surface area contributed by atoms with Gasteiger partial charge in [-0.05, 0) is 37.0 Å². The smallest absolute Gasteiger partial charge is 0.123 e. The summed E-state index contributed by atoms with van der Waals surface area (Å²) in [6.45, 7) is 2.14. The highest BCUT2D eigenvalue weighted by Crippen LogP contribution is 2.49. The molecule has 1 fully saturated rings. The lowest BCUT2D eigenvalue weighted by Crippen LogP contribution is -2.25. The summed E-state index contributed by atoms with van der Waals surface area (Å²) in [5.41, 5.74) is 0.878. The van der Waals surface area contributed by atoms with Gasteiger partial charge in [0.15, 0.2) is 0 Å². The summed E-state index contributed by atoms with van der Waals surface area (Å²) in [6.07, 6.45) is 5.12. The van der Waals surface area contributed by atoms with Gasteiger partial charge in [0.1, 0.15) is 5.82 Å². The van der Waals surface area contributed by atoms with Gasteiger partial charge in [0.25, 0.3) is 0 Å². The van der Waals surface area contributed by atoms with E-state index in [4.69, 9.17) is 0 Å². The molecule has 1 nitrogen and oxygen atoms in total. The predicted octanol–water partition coefficient (Wildman–Crippen LogP) is 3.83. The molecule has 0 aliphatic heterocycles. The van der Waals surface area contributed by atoms with Crippen LogP contribution in [0.15, 0.2) is 24.3 Å². The molecule has 1 unspecified atom stereocenters. The highest BCUT2D eigenvalue weighted by atomic mass is 19.1. The Morgan fingerprint density at radius 2 is 1.81 bits per heavy atom. The molecular formula is C14H19FO. The Balaban J connectivity index is 2.23. The third-order valence-electron chi connectivity index (χ3n) is 4.07. The summed E-state index contributed by atoms with van der Waals surface area (Å²) in [5, 5.41) is 10.4. The first kappa shape index (κ1) is 11.6. The molecule has 0 radical (unpaired) electrons. The number of hydrogen-bond donors (Lipinski definition) is 1. The topological polar surface area (TPSA) is 20.2 Å². The van der Waals surface area contributed by atoms with Crippen LogP contribution in [0.1, 0.15) is 50.7 Å². The Morgan fingerprint density at radius 3 is 2.31 bits per heavy atom. The first-order valence-electron chi connectivity index (χ1n) is 6.11. The lowest BCUT2D eigenvalue weighted by atomic mass is 9.75. The van der Waals surface area contributed by atoms with Gasteiger partial charge in [0.05, 0.1) is 6.10 Å². The van der Waals surface area contributed by atoms with E-state index < -0.39 is 6.10 Å². The van der Waals surface area contributed by atoms with Gasteiger partial charge in [0.2, 0.25) is 0 Å². The minimum atomic E-state index is -0.444. The Kier molecular flexibility index (Phi) is 3.29. The Morgan fingerprint density at radius 1 is 1.25 bits per heavy atom. The zero-order valence-corrected chi connectivity index (χ0v) is 9.75. The molecule has 1 atom stereocenters. The molecule has 1 aromatic rings. The van der Waals surface area contributed by atoms with Gasteiger partial charge in [-0.3, -0.25) is 0 Å². The maximum atomic E-state index is 12.8. The number of aliphatic hydroxyl groups is 1. The van der Waals surface area contributed by atoms with Crippen LogP contribution in [-0.4, -0.2) is 5.11 Å². The number of hydrogen-bond acceptors (Lipinski definition) is 1. The third kappa shape index (κ3) is 1.99. The predicted molar refractivity (Wildman–Crippen MR) is 62.6 cm³/mol. The number of aliphatic hydroxyl groups excluding tert-OH is 1. The van der Waals surface area contributed by atoms with Crippen molar-refractivity contribution in [2.75, 3.05) is 0 Å². The van der Waals surface area contributed by atoms with Gasteiger partial charge in [0, 0.05) is 5.41 Å². The second kappa shape index (κ2) is 4.54. The largest absolute Gasteiger partial charge is 0.388 e. The van der Waals surface area contributed by atoms with Gasteiger partial charge < -0.3 is 5.11 Å². The van der Waals surface area contributed by atoms with Crippen LogP contribution in [-0.2, 0) is 0 Å². The summed E-state index contributed by atoms with van der Waals surface area (Å²) < 4.78 is 12.8. The Hall–Kier alpha value is -0.890. The summed E-state index contributed by atoms with van der Waals surface area (Å²) in [4.78, 5) is 0. The molecule has 0 aromatic heterocycles. The molecule has 0 bridgehead atoms. The first-order chi connectivity index (χ1) is 7.68. The summed E-state index contributed by atoms with van der Waals surface area (Å²) in [6, 6.07) is 6.26. The summed E-state index contributed by atoms with van der Waals surface area (Å²) in [5.74, 6) is -0.243. The molecule has 16 heavy (non-hydrogen) atoms. The van der Waals surface area contributed by atoms with Gasteiger partial charge in [-0.1, -0.05) is 31.9 Å². The van der Waals surface area contributed by atoms with Crippen molar-refractivity contribution in [3.05, 3.63) is 35.6 Å². The maximum absolute atomic E-state index is 12.8. The number of benzene rings is 1. The van der Waals surface area contributed by atoms with Crippen molar-refractivity contribution < 1.29 is 9.50 Å². The molecule has 0 heterocycles. The zero-order chi connectivity index (χ0) is 11.6. The summed E-state index contributed by atoms with van der Waals surface area (Å²) >= 11 is 0. The van der Waals surface area contributed by atoms with E-state index in [1.54, 1.807) is 12.1 Å². The van der Waals surface area contributed by atoms with E-state index in [1.807, 2.05) is 0 Å². The minimum absolute atomic E-state index is 0.0256. The summed E-state index contributed by atoms with van der Waals surface area (Å²) in [7, 11) is 0. The lowest BCUT2D eigenvalue weighted by molar-refractivity contribution is 0.0237. The van der Waals surface area contributed by atoms with Crippen LogP contribution in [0.3, 0.4) is 0 Å². The Bertz CT molecular complexity index is 338. The molecule has 2 rings (SSSR count). The van der Waals surface area contributed by atoms with Gasteiger partial charge in [-0.2, -0.15) is 0 Å². The maximum Gasteiger partial charge on any atom is 0.123 e. The van der Waals surface area contributed by atoms with Crippen molar-refractivity contribution in [2.24, 2.45) is 5.41 Å². The van der Waals surface area contributed by atoms with Crippen LogP contribution in [0.5, 0.6) is 0 Å². The quantitative estimate of drug-likeness (QED) is 0.824. The minimum Gasteiger partial charge on any atom is -0.388 e. The van der Waals surface area contributed by atoms with E-state index in [2.05, 4.69) is 6.92 Å². The van der Waals surface area contributed by atoms with Crippen LogP contribution in [0.2, 0.25) is 0 Å². The van der Waals surface area contributed by atoms with E-state index in [1.165, 1.54) is 25.0 Å². The molecule has 1 aromatic carbocycles. The van der Waals surface area contributed by atoms with Crippen molar-refractivity contribution in [1.29, 1.82) is 0 Å². The molecule has 88 valence electrons. The molecule has 1 aliphatic carbocycles. The normalized spacial score (nSPS) is 20.9. The average Bonchev–Trinajstić information content (AvgIpc) is 2.79. The van der Waals surface area contributed by atoms with E-state index in [0.29, 0.717) is 0 Å². The fourth-order valence-electron chi connectivity index (χ4n) is 2.90. The molecule has 2 heteroatoms. The molecule has 1 saturated carbocycles. The first-order valence-corrected chi connectivity index (χ1v) is 6.11. The van der Waals surface area contributed by atoms with Crippen molar-refractivity contribution >= 4 is 0 Å². The second-order valence-corrected chi connectivity index (χ2v) is 4.88. The zero-order valence-electron chi connectivity index (χ0n) is 9.75. The van der Waals surface area contributed by atoms with Crippen molar-refractivity contribution in [2.45, 2.75) is 45.1 Å². The average molecular weight is 222 g/mol. The van der Waals surface area contributed by atoms with E-state index in [0.717, 1.165) is 24.8 Å². The molecule has 0 spiro atoms. The van der Waals surface area contributed by atoms with Crippen LogP contribution in [0, 0.1) is 11.2 Å². The fourth-order valence-corrected chi connectivity index (χ4v) is 2.90. The van der Waals surface area contributed by atoms with Gasteiger partial charge >= 0.3 is 0 Å². The SMILES string of the molecule is CCC1(C(O)c2ccc(F)cc2)CCCC1.